The first-order valence-corrected chi connectivity index (χ1v) is 6.42. The second kappa shape index (κ2) is 8.09. The Morgan fingerprint density at radius 1 is 1.21 bits per heavy atom. The normalized spacial score (nSPS) is 12.7. The first kappa shape index (κ1) is 15.9. The van der Waals surface area contributed by atoms with E-state index in [0.29, 0.717) is 24.5 Å². The third-order valence-electron chi connectivity index (χ3n) is 2.50. The second-order valence-corrected chi connectivity index (χ2v) is 4.01. The number of aliphatic hydroxyl groups is 1. The van der Waals surface area contributed by atoms with Gasteiger partial charge in [-0.3, -0.25) is 0 Å². The van der Waals surface area contributed by atoms with Gasteiger partial charge in [0, 0.05) is 18.8 Å². The average Bonchev–Trinajstić information content (AvgIpc) is 2.37. The molecule has 0 radical (unpaired) electrons. The lowest BCUT2D eigenvalue weighted by Crippen LogP contribution is -2.25. The third-order valence-corrected chi connectivity index (χ3v) is 2.50. The minimum atomic E-state index is -0.802. The van der Waals surface area contributed by atoms with Gasteiger partial charge < -0.3 is 19.3 Å². The molecule has 0 aliphatic carbocycles. The Bertz CT molecular complexity index is 376. The minimum absolute atomic E-state index is 0.188. The van der Waals surface area contributed by atoms with Crippen molar-refractivity contribution < 1.29 is 23.7 Å². The standard InChI is InChI=1S/C14H21FO4/c1-4-17-14(18-5-2)9-19-13-7-6-11(15)8-12(13)10(3)16/h6-8,10,14,16H,4-5,9H2,1-3H3. The minimum Gasteiger partial charge on any atom is -0.488 e. The van der Waals surface area contributed by atoms with Gasteiger partial charge in [-0.15, -0.1) is 0 Å². The molecule has 1 unspecified atom stereocenters. The summed E-state index contributed by atoms with van der Waals surface area (Å²) >= 11 is 0. The van der Waals surface area contributed by atoms with Crippen LogP contribution in [0.4, 0.5) is 4.39 Å². The summed E-state index contributed by atoms with van der Waals surface area (Å²) in [5.41, 5.74) is 0.409. The smallest absolute Gasteiger partial charge is 0.191 e. The fraction of sp³-hybridized carbons (Fsp3) is 0.571. The first-order chi connectivity index (χ1) is 9.08. The average molecular weight is 272 g/mol. The van der Waals surface area contributed by atoms with Gasteiger partial charge in [-0.2, -0.15) is 0 Å². The molecule has 108 valence electrons. The molecule has 4 nitrogen and oxygen atoms in total. The number of halogens is 1. The van der Waals surface area contributed by atoms with Crippen LogP contribution >= 0.6 is 0 Å². The molecular formula is C14H21FO4. The van der Waals surface area contributed by atoms with Gasteiger partial charge in [0.2, 0.25) is 0 Å². The number of aliphatic hydroxyl groups excluding tert-OH is 1. The van der Waals surface area contributed by atoms with E-state index in [1.807, 2.05) is 13.8 Å². The van der Waals surface area contributed by atoms with Crippen LogP contribution < -0.4 is 4.74 Å². The van der Waals surface area contributed by atoms with Gasteiger partial charge in [0.05, 0.1) is 6.10 Å². The topological polar surface area (TPSA) is 47.9 Å². The maximum absolute atomic E-state index is 13.1. The molecule has 1 rings (SSSR count). The zero-order valence-electron chi connectivity index (χ0n) is 11.6. The number of hydrogen-bond acceptors (Lipinski definition) is 4. The summed E-state index contributed by atoms with van der Waals surface area (Å²) in [5.74, 6) is 0.0234. The van der Waals surface area contributed by atoms with Crippen LogP contribution in [-0.4, -0.2) is 31.2 Å². The lowest BCUT2D eigenvalue weighted by molar-refractivity contribution is -0.152. The van der Waals surface area contributed by atoms with Crippen molar-refractivity contribution in [3.05, 3.63) is 29.6 Å². The molecule has 0 heterocycles. The van der Waals surface area contributed by atoms with E-state index in [-0.39, 0.29) is 6.61 Å². The highest BCUT2D eigenvalue weighted by Gasteiger charge is 2.14. The number of hydrogen-bond donors (Lipinski definition) is 1. The molecule has 1 atom stereocenters. The van der Waals surface area contributed by atoms with Crippen LogP contribution in [0.1, 0.15) is 32.4 Å². The van der Waals surface area contributed by atoms with Gasteiger partial charge in [0.1, 0.15) is 18.2 Å². The van der Waals surface area contributed by atoms with Gasteiger partial charge in [-0.05, 0) is 39.0 Å². The lowest BCUT2D eigenvalue weighted by Gasteiger charge is -2.19. The van der Waals surface area contributed by atoms with Crippen molar-refractivity contribution in [1.29, 1.82) is 0 Å². The molecule has 0 saturated carbocycles. The number of benzene rings is 1. The largest absolute Gasteiger partial charge is 0.488 e. The first-order valence-electron chi connectivity index (χ1n) is 6.42. The SMILES string of the molecule is CCOC(COc1ccc(F)cc1C(C)O)OCC. The Morgan fingerprint density at radius 2 is 1.84 bits per heavy atom. The van der Waals surface area contributed by atoms with Gasteiger partial charge >= 0.3 is 0 Å². The molecule has 19 heavy (non-hydrogen) atoms. The molecule has 0 fully saturated rings. The van der Waals surface area contributed by atoms with Crippen LogP contribution in [0.3, 0.4) is 0 Å². The van der Waals surface area contributed by atoms with E-state index >= 15 is 0 Å². The molecular weight excluding hydrogens is 251 g/mol. The summed E-state index contributed by atoms with van der Waals surface area (Å²) in [7, 11) is 0. The Morgan fingerprint density at radius 3 is 2.37 bits per heavy atom. The third kappa shape index (κ3) is 5.14. The summed E-state index contributed by atoms with van der Waals surface area (Å²) in [6, 6.07) is 4.04. The van der Waals surface area contributed by atoms with Crippen LogP contribution in [0.25, 0.3) is 0 Å². The molecule has 0 bridgehead atoms. The van der Waals surface area contributed by atoms with E-state index in [2.05, 4.69) is 0 Å². The molecule has 5 heteroatoms. The van der Waals surface area contributed by atoms with Crippen LogP contribution in [0.2, 0.25) is 0 Å². The van der Waals surface area contributed by atoms with E-state index in [4.69, 9.17) is 14.2 Å². The Balaban J connectivity index is 2.70. The predicted octanol–water partition coefficient (Wildman–Crippen LogP) is 2.66. The zero-order chi connectivity index (χ0) is 14.3. The predicted molar refractivity (Wildman–Crippen MR) is 69.6 cm³/mol. The van der Waals surface area contributed by atoms with Crippen molar-refractivity contribution in [3.63, 3.8) is 0 Å². The molecule has 1 aromatic rings. The molecule has 1 aromatic carbocycles. The molecule has 0 aliphatic heterocycles. The zero-order valence-corrected chi connectivity index (χ0v) is 11.6. The van der Waals surface area contributed by atoms with Crippen molar-refractivity contribution >= 4 is 0 Å². The van der Waals surface area contributed by atoms with Crippen LogP contribution in [-0.2, 0) is 9.47 Å². The Labute approximate surface area is 113 Å². The molecule has 1 N–H and O–H groups in total. The summed E-state index contributed by atoms with van der Waals surface area (Å²) in [6.45, 7) is 6.51. The van der Waals surface area contributed by atoms with Crippen molar-refractivity contribution in [3.8, 4) is 5.75 Å². The fourth-order valence-corrected chi connectivity index (χ4v) is 1.65. The van der Waals surface area contributed by atoms with Gasteiger partial charge in [0.25, 0.3) is 0 Å². The quantitative estimate of drug-likeness (QED) is 0.739. The van der Waals surface area contributed by atoms with Crippen LogP contribution in [0, 0.1) is 5.82 Å². The highest BCUT2D eigenvalue weighted by Crippen LogP contribution is 2.26. The number of rotatable bonds is 8. The summed E-state index contributed by atoms with van der Waals surface area (Å²) in [6.07, 6.45) is -1.27. The van der Waals surface area contributed by atoms with Crippen molar-refractivity contribution in [2.24, 2.45) is 0 Å². The van der Waals surface area contributed by atoms with Crippen molar-refractivity contribution in [2.45, 2.75) is 33.2 Å². The molecule has 0 saturated heterocycles. The van der Waals surface area contributed by atoms with E-state index in [1.165, 1.54) is 18.2 Å². The highest BCUT2D eigenvalue weighted by atomic mass is 19.1. The Kier molecular flexibility index (Phi) is 6.77. The van der Waals surface area contributed by atoms with Crippen molar-refractivity contribution in [1.82, 2.24) is 0 Å². The van der Waals surface area contributed by atoms with Crippen LogP contribution in [0.15, 0.2) is 18.2 Å². The lowest BCUT2D eigenvalue weighted by atomic mass is 10.1. The van der Waals surface area contributed by atoms with Gasteiger partial charge in [0.15, 0.2) is 6.29 Å². The molecule has 0 aromatic heterocycles. The van der Waals surface area contributed by atoms with E-state index in [9.17, 15) is 9.50 Å². The summed E-state index contributed by atoms with van der Waals surface area (Å²) < 4.78 is 29.4. The van der Waals surface area contributed by atoms with E-state index in [0.717, 1.165) is 0 Å². The Hall–Kier alpha value is -1.17. The monoisotopic (exact) mass is 272 g/mol. The second-order valence-electron chi connectivity index (χ2n) is 4.01. The van der Waals surface area contributed by atoms with E-state index in [1.54, 1.807) is 6.92 Å². The van der Waals surface area contributed by atoms with Crippen molar-refractivity contribution in [2.75, 3.05) is 19.8 Å². The summed E-state index contributed by atoms with van der Waals surface area (Å²) in [5, 5.41) is 9.59. The molecule has 0 spiro atoms. The molecule has 0 amide bonds. The van der Waals surface area contributed by atoms with E-state index < -0.39 is 18.2 Å². The maximum Gasteiger partial charge on any atom is 0.191 e. The highest BCUT2D eigenvalue weighted by molar-refractivity contribution is 5.35. The van der Waals surface area contributed by atoms with Crippen LogP contribution in [0.5, 0.6) is 5.75 Å². The number of ether oxygens (including phenoxy) is 3. The maximum atomic E-state index is 13.1. The van der Waals surface area contributed by atoms with Gasteiger partial charge in [-0.25, -0.2) is 4.39 Å². The fourth-order valence-electron chi connectivity index (χ4n) is 1.65. The summed E-state index contributed by atoms with van der Waals surface area (Å²) in [4.78, 5) is 0. The molecule has 0 aliphatic rings. The van der Waals surface area contributed by atoms with Gasteiger partial charge in [-0.1, -0.05) is 0 Å².